The Morgan fingerprint density at radius 1 is 1.19 bits per heavy atom. The molecule has 0 radical (unpaired) electrons. The number of phenolic OH excluding ortho intramolecular Hbond substituents is 1. The van der Waals surface area contributed by atoms with E-state index in [4.69, 9.17) is 0 Å². The Balaban J connectivity index is 1.29. The number of aromatic hydroxyl groups is 1. The number of nitrogens with zero attached hydrogens (tertiary/aromatic N) is 2. The second kappa shape index (κ2) is 6.22. The van der Waals surface area contributed by atoms with Crippen LogP contribution in [0, 0.1) is 17.8 Å². The van der Waals surface area contributed by atoms with Gasteiger partial charge in [0.05, 0.1) is 6.21 Å². The SMILES string of the molecule is O=C(N/N=C\c1cccc(O)c1)c1cc(C23CC4CC(CC(C4)C2)C3)[nH]n1. The molecule has 0 atom stereocenters. The van der Waals surface area contributed by atoms with Gasteiger partial charge in [0.2, 0.25) is 0 Å². The van der Waals surface area contributed by atoms with Crippen LogP contribution in [-0.4, -0.2) is 27.4 Å². The third-order valence-corrected chi connectivity index (χ3v) is 6.67. The van der Waals surface area contributed by atoms with Crippen molar-refractivity contribution in [1.29, 1.82) is 0 Å². The van der Waals surface area contributed by atoms with Gasteiger partial charge < -0.3 is 5.11 Å². The van der Waals surface area contributed by atoms with E-state index in [0.717, 1.165) is 23.4 Å². The van der Waals surface area contributed by atoms with Crippen LogP contribution in [0.2, 0.25) is 0 Å². The molecule has 3 N–H and O–H groups in total. The van der Waals surface area contributed by atoms with Gasteiger partial charge in [-0.1, -0.05) is 12.1 Å². The fourth-order valence-corrected chi connectivity index (χ4v) is 5.98. The first-order chi connectivity index (χ1) is 13.1. The fraction of sp³-hybridized carbons (Fsp3) is 0.476. The number of carbonyl (C=O) groups excluding carboxylic acids is 1. The molecule has 6 nitrogen and oxygen atoms in total. The van der Waals surface area contributed by atoms with Crippen LogP contribution in [0.1, 0.15) is 60.3 Å². The quantitative estimate of drug-likeness (QED) is 0.574. The predicted molar refractivity (Wildman–Crippen MR) is 102 cm³/mol. The number of H-pyrrole nitrogens is 1. The smallest absolute Gasteiger partial charge is 0.291 e. The molecule has 2 aromatic rings. The number of amides is 1. The number of carbonyl (C=O) groups is 1. The van der Waals surface area contributed by atoms with Crippen LogP contribution in [0.5, 0.6) is 5.75 Å². The van der Waals surface area contributed by atoms with E-state index in [-0.39, 0.29) is 17.1 Å². The van der Waals surface area contributed by atoms with Gasteiger partial charge in [-0.05, 0) is 80.0 Å². The lowest BCUT2D eigenvalue weighted by molar-refractivity contribution is -0.00721. The molecule has 27 heavy (non-hydrogen) atoms. The van der Waals surface area contributed by atoms with Crippen LogP contribution in [-0.2, 0) is 5.41 Å². The van der Waals surface area contributed by atoms with Gasteiger partial charge in [0.15, 0.2) is 5.69 Å². The summed E-state index contributed by atoms with van der Waals surface area (Å²) in [7, 11) is 0. The van der Waals surface area contributed by atoms with Crippen LogP contribution in [0.15, 0.2) is 35.4 Å². The molecule has 4 aliphatic rings. The highest BCUT2D eigenvalue weighted by atomic mass is 16.3. The van der Waals surface area contributed by atoms with Gasteiger partial charge >= 0.3 is 0 Å². The topological polar surface area (TPSA) is 90.4 Å². The monoisotopic (exact) mass is 364 g/mol. The number of nitrogens with one attached hydrogen (secondary N) is 2. The highest BCUT2D eigenvalue weighted by molar-refractivity contribution is 5.93. The number of hydrogen-bond donors (Lipinski definition) is 3. The molecule has 1 aromatic heterocycles. The second-order valence-electron chi connectivity index (χ2n) is 8.66. The summed E-state index contributed by atoms with van der Waals surface area (Å²) >= 11 is 0. The van der Waals surface area contributed by atoms with Gasteiger partial charge in [0, 0.05) is 11.1 Å². The number of benzene rings is 1. The van der Waals surface area contributed by atoms with Gasteiger partial charge in [0.25, 0.3) is 5.91 Å². The molecule has 0 aliphatic heterocycles. The van der Waals surface area contributed by atoms with Gasteiger partial charge in [-0.2, -0.15) is 10.2 Å². The van der Waals surface area contributed by atoms with E-state index in [9.17, 15) is 9.90 Å². The maximum absolute atomic E-state index is 12.4. The van der Waals surface area contributed by atoms with Crippen LogP contribution in [0.4, 0.5) is 0 Å². The zero-order valence-corrected chi connectivity index (χ0v) is 15.2. The summed E-state index contributed by atoms with van der Waals surface area (Å²) in [6, 6.07) is 8.62. The third-order valence-electron chi connectivity index (χ3n) is 6.67. The largest absolute Gasteiger partial charge is 0.508 e. The Hall–Kier alpha value is -2.63. The molecule has 0 spiro atoms. The molecule has 0 unspecified atom stereocenters. The summed E-state index contributed by atoms with van der Waals surface area (Å²) in [5.74, 6) is 2.40. The molecular weight excluding hydrogens is 340 g/mol. The Bertz CT molecular complexity index is 866. The van der Waals surface area contributed by atoms with E-state index in [0.29, 0.717) is 11.3 Å². The first-order valence-corrected chi connectivity index (χ1v) is 9.78. The molecule has 4 fully saturated rings. The van der Waals surface area contributed by atoms with Crippen molar-refractivity contribution >= 4 is 12.1 Å². The highest BCUT2D eigenvalue weighted by Gasteiger charge is 2.52. The van der Waals surface area contributed by atoms with Gasteiger partial charge in [-0.25, -0.2) is 5.43 Å². The van der Waals surface area contributed by atoms with Crippen molar-refractivity contribution in [2.24, 2.45) is 22.9 Å². The summed E-state index contributed by atoms with van der Waals surface area (Å²) in [5.41, 5.74) is 4.95. The number of hydrazone groups is 1. The summed E-state index contributed by atoms with van der Waals surface area (Å²) < 4.78 is 0. The fourth-order valence-electron chi connectivity index (χ4n) is 5.98. The molecule has 140 valence electrons. The van der Waals surface area contributed by atoms with Crippen LogP contribution >= 0.6 is 0 Å². The second-order valence-corrected chi connectivity index (χ2v) is 8.66. The number of hydrogen-bond acceptors (Lipinski definition) is 4. The molecular formula is C21H24N4O2. The van der Waals surface area contributed by atoms with Crippen molar-refractivity contribution < 1.29 is 9.90 Å². The van der Waals surface area contributed by atoms with E-state index < -0.39 is 0 Å². The van der Waals surface area contributed by atoms with Gasteiger partial charge in [-0.3, -0.25) is 9.89 Å². The average Bonchev–Trinajstić information content (AvgIpc) is 3.12. The minimum Gasteiger partial charge on any atom is -0.508 e. The summed E-state index contributed by atoms with van der Waals surface area (Å²) in [6.07, 6.45) is 9.39. The Kier molecular flexibility index (Phi) is 3.81. The highest BCUT2D eigenvalue weighted by Crippen LogP contribution is 2.60. The van der Waals surface area contributed by atoms with Crippen molar-refractivity contribution in [3.05, 3.63) is 47.3 Å². The van der Waals surface area contributed by atoms with Crippen LogP contribution in [0.25, 0.3) is 0 Å². The van der Waals surface area contributed by atoms with Crippen molar-refractivity contribution in [2.45, 2.75) is 43.9 Å². The summed E-state index contributed by atoms with van der Waals surface area (Å²) in [4.78, 5) is 12.4. The molecule has 6 heteroatoms. The number of aromatic nitrogens is 2. The van der Waals surface area contributed by atoms with E-state index in [1.54, 1.807) is 24.3 Å². The number of aromatic amines is 1. The van der Waals surface area contributed by atoms with Crippen molar-refractivity contribution in [2.75, 3.05) is 0 Å². The average molecular weight is 364 g/mol. The normalized spacial score (nSPS) is 31.5. The van der Waals surface area contributed by atoms with Crippen molar-refractivity contribution in [3.8, 4) is 5.75 Å². The maximum Gasteiger partial charge on any atom is 0.291 e. The summed E-state index contributed by atoms with van der Waals surface area (Å²) in [5, 5.41) is 20.9. The van der Waals surface area contributed by atoms with Gasteiger partial charge in [0.1, 0.15) is 5.75 Å². The molecule has 6 rings (SSSR count). The van der Waals surface area contributed by atoms with E-state index in [1.807, 2.05) is 6.07 Å². The van der Waals surface area contributed by atoms with E-state index in [2.05, 4.69) is 20.7 Å². The van der Waals surface area contributed by atoms with E-state index in [1.165, 1.54) is 44.7 Å². The molecule has 4 bridgehead atoms. The maximum atomic E-state index is 12.4. The lowest BCUT2D eigenvalue weighted by Gasteiger charge is -2.56. The molecule has 0 saturated heterocycles. The van der Waals surface area contributed by atoms with Crippen molar-refractivity contribution in [3.63, 3.8) is 0 Å². The minimum atomic E-state index is -0.321. The third kappa shape index (κ3) is 3.03. The molecule has 4 aliphatic carbocycles. The zero-order valence-electron chi connectivity index (χ0n) is 15.2. The zero-order chi connectivity index (χ0) is 18.4. The molecule has 1 aromatic carbocycles. The predicted octanol–water partition coefficient (Wildman–Crippen LogP) is 3.35. The van der Waals surface area contributed by atoms with E-state index >= 15 is 0 Å². The van der Waals surface area contributed by atoms with Crippen molar-refractivity contribution in [1.82, 2.24) is 15.6 Å². The lowest BCUT2D eigenvalue weighted by Crippen LogP contribution is -2.48. The Morgan fingerprint density at radius 2 is 1.89 bits per heavy atom. The standard InChI is InChI=1S/C21H24N4O2/c26-17-3-1-2-13(7-17)12-22-25-20(27)18-8-19(24-23-18)21-9-14-4-15(10-21)6-16(5-14)11-21/h1-3,7-8,12,14-16,26H,4-6,9-11H2,(H,23,24)(H,25,27)/b22-12-. The minimum absolute atomic E-state index is 0.165. The molecule has 1 amide bonds. The number of phenols is 1. The van der Waals surface area contributed by atoms with Crippen LogP contribution < -0.4 is 5.43 Å². The number of rotatable bonds is 4. The van der Waals surface area contributed by atoms with Crippen LogP contribution in [0.3, 0.4) is 0 Å². The first kappa shape index (κ1) is 16.5. The first-order valence-electron chi connectivity index (χ1n) is 9.78. The van der Waals surface area contributed by atoms with Gasteiger partial charge in [-0.15, -0.1) is 0 Å². The Labute approximate surface area is 158 Å². The molecule has 1 heterocycles. The Morgan fingerprint density at radius 3 is 2.56 bits per heavy atom. The molecule has 4 saturated carbocycles. The summed E-state index contributed by atoms with van der Waals surface area (Å²) in [6.45, 7) is 0. The lowest BCUT2D eigenvalue weighted by atomic mass is 9.49.